The summed E-state index contributed by atoms with van der Waals surface area (Å²) in [5.41, 5.74) is 2.16. The minimum atomic E-state index is -3.73. The monoisotopic (exact) mass is 475 g/mol. The van der Waals surface area contributed by atoms with E-state index in [1.807, 2.05) is 26.0 Å². The van der Waals surface area contributed by atoms with E-state index in [0.717, 1.165) is 28.1 Å². The summed E-state index contributed by atoms with van der Waals surface area (Å²) in [6.07, 6.45) is 1.82. The van der Waals surface area contributed by atoms with Crippen LogP contribution in [0, 0.1) is 6.92 Å². The quantitative estimate of drug-likeness (QED) is 0.539. The van der Waals surface area contributed by atoms with Crippen LogP contribution in [0.2, 0.25) is 0 Å². The lowest BCUT2D eigenvalue weighted by Gasteiger charge is -2.31. The van der Waals surface area contributed by atoms with Crippen molar-refractivity contribution >= 4 is 27.5 Å². The first-order valence-electron chi connectivity index (χ1n) is 10.8. The highest BCUT2D eigenvalue weighted by Gasteiger charge is 2.29. The average Bonchev–Trinajstić information content (AvgIpc) is 2.79. The van der Waals surface area contributed by atoms with E-state index in [4.69, 9.17) is 4.74 Å². The Kier molecular flexibility index (Phi) is 9.28. The molecule has 0 aliphatic carbocycles. The van der Waals surface area contributed by atoms with E-state index in [2.05, 4.69) is 5.32 Å². The zero-order valence-electron chi connectivity index (χ0n) is 19.9. The molecule has 0 aromatic heterocycles. The first-order valence-corrected chi connectivity index (χ1v) is 12.7. The minimum absolute atomic E-state index is 0.148. The van der Waals surface area contributed by atoms with Crippen LogP contribution in [-0.4, -0.2) is 57.6 Å². The molecule has 2 aromatic rings. The van der Waals surface area contributed by atoms with Gasteiger partial charge in [-0.3, -0.25) is 13.9 Å². The van der Waals surface area contributed by atoms with E-state index in [0.29, 0.717) is 18.0 Å². The number of aryl methyl sites for hydroxylation is 1. The standard InChI is InChI=1S/C24H33N3O5S/c1-6-15-25-24(29)19(3)26(16-20-9-13-22(32-4)14-10-20)23(28)17-27(33(5,30)31)21-11-7-18(2)8-12-21/h7-14,19H,6,15-17H2,1-5H3,(H,25,29)/t19-/m1/s1. The molecule has 0 fully saturated rings. The number of carbonyl (C=O) groups excluding carboxylic acids is 2. The Morgan fingerprint density at radius 2 is 1.67 bits per heavy atom. The lowest BCUT2D eigenvalue weighted by Crippen LogP contribution is -2.51. The third kappa shape index (κ3) is 7.49. The Morgan fingerprint density at radius 1 is 1.06 bits per heavy atom. The van der Waals surface area contributed by atoms with Gasteiger partial charge in [0.25, 0.3) is 0 Å². The number of anilines is 1. The summed E-state index contributed by atoms with van der Waals surface area (Å²) in [4.78, 5) is 27.5. The summed E-state index contributed by atoms with van der Waals surface area (Å²) in [7, 11) is -2.17. The average molecular weight is 476 g/mol. The van der Waals surface area contributed by atoms with Crippen LogP contribution in [0.5, 0.6) is 5.75 Å². The summed E-state index contributed by atoms with van der Waals surface area (Å²) >= 11 is 0. The molecular weight excluding hydrogens is 442 g/mol. The Hall–Kier alpha value is -3.07. The minimum Gasteiger partial charge on any atom is -0.497 e. The normalized spacial score (nSPS) is 12.0. The van der Waals surface area contributed by atoms with E-state index >= 15 is 0 Å². The predicted octanol–water partition coefficient (Wildman–Crippen LogP) is 2.71. The number of hydrogen-bond donors (Lipinski definition) is 1. The molecule has 0 heterocycles. The first-order chi connectivity index (χ1) is 15.6. The molecular formula is C24H33N3O5S. The predicted molar refractivity (Wildman–Crippen MR) is 130 cm³/mol. The van der Waals surface area contributed by atoms with Crippen molar-refractivity contribution in [1.29, 1.82) is 0 Å². The van der Waals surface area contributed by atoms with Gasteiger partial charge >= 0.3 is 0 Å². The van der Waals surface area contributed by atoms with Crippen molar-refractivity contribution in [2.45, 2.75) is 39.8 Å². The largest absolute Gasteiger partial charge is 0.497 e. The van der Waals surface area contributed by atoms with Crippen LogP contribution in [0.3, 0.4) is 0 Å². The molecule has 0 bridgehead atoms. The third-order valence-electron chi connectivity index (χ3n) is 5.23. The van der Waals surface area contributed by atoms with Crippen LogP contribution in [0.1, 0.15) is 31.4 Å². The molecule has 2 rings (SSSR count). The van der Waals surface area contributed by atoms with Gasteiger partial charge in [-0.05, 0) is 50.1 Å². The van der Waals surface area contributed by atoms with Crippen molar-refractivity contribution in [3.63, 3.8) is 0 Å². The number of hydrogen-bond acceptors (Lipinski definition) is 5. The smallest absolute Gasteiger partial charge is 0.244 e. The summed E-state index contributed by atoms with van der Waals surface area (Å²) in [5, 5.41) is 2.81. The number of sulfonamides is 1. The van der Waals surface area contributed by atoms with Crippen LogP contribution in [0.25, 0.3) is 0 Å². The molecule has 9 heteroatoms. The molecule has 180 valence electrons. The molecule has 0 aliphatic heterocycles. The van der Waals surface area contributed by atoms with Crippen molar-refractivity contribution in [2.75, 3.05) is 30.8 Å². The van der Waals surface area contributed by atoms with Gasteiger partial charge in [0.05, 0.1) is 19.1 Å². The number of ether oxygens (including phenoxy) is 1. The Morgan fingerprint density at radius 3 is 2.18 bits per heavy atom. The molecule has 33 heavy (non-hydrogen) atoms. The van der Waals surface area contributed by atoms with Gasteiger partial charge in [0.2, 0.25) is 21.8 Å². The van der Waals surface area contributed by atoms with Crippen molar-refractivity contribution in [2.24, 2.45) is 0 Å². The lowest BCUT2D eigenvalue weighted by molar-refractivity contribution is -0.139. The van der Waals surface area contributed by atoms with E-state index in [1.54, 1.807) is 50.4 Å². The van der Waals surface area contributed by atoms with Crippen molar-refractivity contribution in [1.82, 2.24) is 10.2 Å². The van der Waals surface area contributed by atoms with Gasteiger partial charge in [0.15, 0.2) is 0 Å². The lowest BCUT2D eigenvalue weighted by atomic mass is 10.1. The van der Waals surface area contributed by atoms with Gasteiger partial charge in [-0.2, -0.15) is 0 Å². The Balaban J connectivity index is 2.34. The fourth-order valence-corrected chi connectivity index (χ4v) is 4.08. The second-order valence-electron chi connectivity index (χ2n) is 7.94. The van der Waals surface area contributed by atoms with Crippen LogP contribution < -0.4 is 14.4 Å². The number of rotatable bonds is 11. The van der Waals surface area contributed by atoms with Crippen molar-refractivity contribution in [3.8, 4) is 5.75 Å². The topological polar surface area (TPSA) is 96.0 Å². The van der Waals surface area contributed by atoms with Gasteiger partial charge in [-0.15, -0.1) is 0 Å². The molecule has 0 spiro atoms. The van der Waals surface area contributed by atoms with Crippen molar-refractivity contribution < 1.29 is 22.7 Å². The fraction of sp³-hybridized carbons (Fsp3) is 0.417. The van der Waals surface area contributed by atoms with E-state index in [-0.39, 0.29) is 12.5 Å². The summed E-state index contributed by atoms with van der Waals surface area (Å²) in [6, 6.07) is 13.3. The highest BCUT2D eigenvalue weighted by Crippen LogP contribution is 2.20. The highest BCUT2D eigenvalue weighted by atomic mass is 32.2. The fourth-order valence-electron chi connectivity index (χ4n) is 3.23. The highest BCUT2D eigenvalue weighted by molar-refractivity contribution is 7.92. The maximum atomic E-state index is 13.4. The second kappa shape index (κ2) is 11.7. The van der Waals surface area contributed by atoms with Crippen LogP contribution in [0.4, 0.5) is 5.69 Å². The Labute approximate surface area is 196 Å². The molecule has 0 unspecified atom stereocenters. The SMILES string of the molecule is CCCNC(=O)[C@@H](C)N(Cc1ccc(OC)cc1)C(=O)CN(c1ccc(C)cc1)S(C)(=O)=O. The maximum Gasteiger partial charge on any atom is 0.244 e. The van der Waals surface area contributed by atoms with Crippen LogP contribution in [0.15, 0.2) is 48.5 Å². The molecule has 0 radical (unpaired) electrons. The number of methoxy groups -OCH3 is 1. The van der Waals surface area contributed by atoms with Crippen LogP contribution in [-0.2, 0) is 26.2 Å². The Bertz CT molecular complexity index is 1040. The van der Waals surface area contributed by atoms with Gasteiger partial charge in [-0.25, -0.2) is 8.42 Å². The van der Waals surface area contributed by atoms with Gasteiger partial charge in [0, 0.05) is 13.1 Å². The van der Waals surface area contributed by atoms with Crippen LogP contribution >= 0.6 is 0 Å². The summed E-state index contributed by atoms with van der Waals surface area (Å²) in [6.45, 7) is 5.71. The molecule has 1 N–H and O–H groups in total. The number of benzene rings is 2. The zero-order valence-corrected chi connectivity index (χ0v) is 20.7. The first kappa shape index (κ1) is 26.2. The number of nitrogens with zero attached hydrogens (tertiary/aromatic N) is 2. The second-order valence-corrected chi connectivity index (χ2v) is 9.85. The third-order valence-corrected chi connectivity index (χ3v) is 6.37. The van der Waals surface area contributed by atoms with Gasteiger partial charge < -0.3 is 15.0 Å². The zero-order chi connectivity index (χ0) is 24.6. The number of amides is 2. The molecule has 2 amide bonds. The number of carbonyl (C=O) groups is 2. The van der Waals surface area contributed by atoms with E-state index in [1.165, 1.54) is 4.90 Å². The maximum absolute atomic E-state index is 13.4. The molecule has 2 aromatic carbocycles. The van der Waals surface area contributed by atoms with Gasteiger partial charge in [0.1, 0.15) is 18.3 Å². The van der Waals surface area contributed by atoms with E-state index in [9.17, 15) is 18.0 Å². The van der Waals surface area contributed by atoms with E-state index < -0.39 is 28.5 Å². The molecule has 1 atom stereocenters. The summed E-state index contributed by atoms with van der Waals surface area (Å²) in [5.74, 6) is -0.0936. The summed E-state index contributed by atoms with van der Waals surface area (Å²) < 4.78 is 31.3. The van der Waals surface area contributed by atoms with Gasteiger partial charge in [-0.1, -0.05) is 36.8 Å². The molecule has 8 nitrogen and oxygen atoms in total. The molecule has 0 saturated heterocycles. The van der Waals surface area contributed by atoms with Crippen molar-refractivity contribution in [3.05, 3.63) is 59.7 Å². The number of nitrogens with one attached hydrogen (secondary N) is 1. The molecule has 0 aliphatic rings. The molecule has 0 saturated carbocycles.